The zero-order valence-corrected chi connectivity index (χ0v) is 13.4. The summed E-state index contributed by atoms with van der Waals surface area (Å²) >= 11 is 0. The van der Waals surface area contributed by atoms with E-state index in [4.69, 9.17) is 0 Å². The fourth-order valence-electron chi connectivity index (χ4n) is 3.26. The number of rotatable bonds is 3. The first kappa shape index (κ1) is 14.3. The van der Waals surface area contributed by atoms with E-state index in [-0.39, 0.29) is 0 Å². The number of hydrogen-bond acceptors (Lipinski definition) is 3. The third kappa shape index (κ3) is 2.48. The van der Waals surface area contributed by atoms with Crippen molar-refractivity contribution in [3.8, 4) is 5.69 Å². The summed E-state index contributed by atoms with van der Waals surface area (Å²) in [6.45, 7) is 8.42. The Hall–Kier alpha value is -1.68. The van der Waals surface area contributed by atoms with Crippen molar-refractivity contribution in [2.75, 3.05) is 7.05 Å². The van der Waals surface area contributed by atoms with Gasteiger partial charge in [-0.1, -0.05) is 31.5 Å². The lowest BCUT2D eigenvalue weighted by atomic mass is 10.0. The molecule has 1 aliphatic rings. The zero-order chi connectivity index (χ0) is 15.0. The van der Waals surface area contributed by atoms with Crippen LogP contribution in [0.3, 0.4) is 0 Å². The molecular weight excluding hydrogens is 260 g/mol. The zero-order valence-electron chi connectivity index (χ0n) is 13.4. The monoisotopic (exact) mass is 284 g/mol. The molecule has 2 aromatic rings. The lowest BCUT2D eigenvalue weighted by Crippen LogP contribution is -2.16. The molecule has 0 N–H and O–H groups in total. The quantitative estimate of drug-likeness (QED) is 0.866. The van der Waals surface area contributed by atoms with Crippen molar-refractivity contribution < 1.29 is 0 Å². The van der Waals surface area contributed by atoms with E-state index in [0.717, 1.165) is 37.6 Å². The smallest absolute Gasteiger partial charge is 0.151 e. The van der Waals surface area contributed by atoms with Crippen LogP contribution in [0, 0.1) is 6.92 Å². The average molecular weight is 284 g/mol. The standard InChI is InChI=1S/C17H24N4/c1-5-13(6-2)17-19-18-16-11-20(4)10-14-9-12(3)7-8-15(14)21(16)17/h7-9,13H,5-6,10-11H2,1-4H3. The maximum Gasteiger partial charge on any atom is 0.151 e. The van der Waals surface area contributed by atoms with E-state index in [1.54, 1.807) is 0 Å². The Morgan fingerprint density at radius 1 is 1.14 bits per heavy atom. The molecule has 0 saturated heterocycles. The van der Waals surface area contributed by atoms with Crippen LogP contribution in [0.25, 0.3) is 5.69 Å². The molecule has 4 heteroatoms. The third-order valence-electron chi connectivity index (χ3n) is 4.43. The van der Waals surface area contributed by atoms with Crippen LogP contribution in [0.1, 0.15) is 55.4 Å². The van der Waals surface area contributed by atoms with Crippen molar-refractivity contribution >= 4 is 0 Å². The van der Waals surface area contributed by atoms with E-state index in [2.05, 4.69) is 65.7 Å². The maximum absolute atomic E-state index is 4.52. The van der Waals surface area contributed by atoms with E-state index in [0.29, 0.717) is 5.92 Å². The number of aromatic nitrogens is 3. The molecule has 0 saturated carbocycles. The van der Waals surface area contributed by atoms with E-state index >= 15 is 0 Å². The fourth-order valence-corrected chi connectivity index (χ4v) is 3.26. The number of fused-ring (bicyclic) bond motifs is 3. The molecule has 0 radical (unpaired) electrons. The predicted octanol–water partition coefficient (Wildman–Crippen LogP) is 3.42. The van der Waals surface area contributed by atoms with Crippen molar-refractivity contribution in [2.45, 2.75) is 52.6 Å². The van der Waals surface area contributed by atoms with E-state index in [1.165, 1.54) is 16.8 Å². The van der Waals surface area contributed by atoms with Crippen molar-refractivity contribution in [3.63, 3.8) is 0 Å². The highest BCUT2D eigenvalue weighted by atomic mass is 15.3. The minimum atomic E-state index is 0.476. The van der Waals surface area contributed by atoms with Gasteiger partial charge in [0.25, 0.3) is 0 Å². The third-order valence-corrected chi connectivity index (χ3v) is 4.43. The highest BCUT2D eigenvalue weighted by Gasteiger charge is 2.25. The van der Waals surface area contributed by atoms with Gasteiger partial charge in [-0.15, -0.1) is 10.2 Å². The molecule has 4 nitrogen and oxygen atoms in total. The van der Waals surface area contributed by atoms with Crippen molar-refractivity contribution in [3.05, 3.63) is 41.0 Å². The second kappa shape index (κ2) is 5.60. The van der Waals surface area contributed by atoms with Crippen molar-refractivity contribution in [2.24, 2.45) is 0 Å². The molecule has 1 aliphatic heterocycles. The van der Waals surface area contributed by atoms with Crippen LogP contribution in [0.2, 0.25) is 0 Å². The summed E-state index contributed by atoms with van der Waals surface area (Å²) in [7, 11) is 2.15. The summed E-state index contributed by atoms with van der Waals surface area (Å²) in [5.74, 6) is 2.65. The van der Waals surface area contributed by atoms with Gasteiger partial charge in [0.05, 0.1) is 12.2 Å². The molecule has 1 aromatic heterocycles. The van der Waals surface area contributed by atoms with Gasteiger partial charge >= 0.3 is 0 Å². The summed E-state index contributed by atoms with van der Waals surface area (Å²) in [5, 5.41) is 9.00. The van der Waals surface area contributed by atoms with Crippen LogP contribution < -0.4 is 0 Å². The second-order valence-corrected chi connectivity index (χ2v) is 6.13. The van der Waals surface area contributed by atoms with Gasteiger partial charge < -0.3 is 0 Å². The molecule has 0 bridgehead atoms. The van der Waals surface area contributed by atoms with Gasteiger partial charge in [-0.2, -0.15) is 0 Å². The first-order valence-corrected chi connectivity index (χ1v) is 7.86. The fraction of sp³-hybridized carbons (Fsp3) is 0.529. The molecule has 0 aliphatic carbocycles. The van der Waals surface area contributed by atoms with E-state index in [9.17, 15) is 0 Å². The Morgan fingerprint density at radius 2 is 1.90 bits per heavy atom. The maximum atomic E-state index is 4.52. The van der Waals surface area contributed by atoms with Crippen LogP contribution in [0.15, 0.2) is 18.2 Å². The summed E-state index contributed by atoms with van der Waals surface area (Å²) < 4.78 is 2.30. The van der Waals surface area contributed by atoms with Gasteiger partial charge in [0.1, 0.15) is 5.82 Å². The first-order chi connectivity index (χ1) is 10.1. The number of aryl methyl sites for hydroxylation is 1. The molecule has 0 fully saturated rings. The van der Waals surface area contributed by atoms with Crippen LogP contribution in [0.5, 0.6) is 0 Å². The topological polar surface area (TPSA) is 34.0 Å². The van der Waals surface area contributed by atoms with Gasteiger partial charge in [0.15, 0.2) is 5.82 Å². The Morgan fingerprint density at radius 3 is 2.62 bits per heavy atom. The Bertz CT molecular complexity index is 640. The average Bonchev–Trinajstić information content (AvgIpc) is 2.78. The minimum Gasteiger partial charge on any atom is -0.295 e. The Balaban J connectivity index is 2.21. The van der Waals surface area contributed by atoms with Crippen molar-refractivity contribution in [1.82, 2.24) is 19.7 Å². The summed E-state index contributed by atoms with van der Waals surface area (Å²) in [5.41, 5.74) is 3.93. The molecule has 3 rings (SSSR count). The summed E-state index contributed by atoms with van der Waals surface area (Å²) in [6.07, 6.45) is 2.21. The molecule has 1 aromatic carbocycles. The van der Waals surface area contributed by atoms with Gasteiger partial charge in [-0.05, 0) is 38.4 Å². The molecule has 0 unspecified atom stereocenters. The van der Waals surface area contributed by atoms with Gasteiger partial charge in [0, 0.05) is 12.5 Å². The van der Waals surface area contributed by atoms with Crippen LogP contribution in [-0.2, 0) is 13.1 Å². The number of benzene rings is 1. The molecule has 2 heterocycles. The van der Waals surface area contributed by atoms with Gasteiger partial charge in [-0.25, -0.2) is 0 Å². The highest BCUT2D eigenvalue weighted by Crippen LogP contribution is 2.30. The number of nitrogens with zero attached hydrogens (tertiary/aromatic N) is 4. The van der Waals surface area contributed by atoms with Crippen LogP contribution >= 0.6 is 0 Å². The van der Waals surface area contributed by atoms with Gasteiger partial charge in [0.2, 0.25) is 0 Å². The van der Waals surface area contributed by atoms with E-state index in [1.807, 2.05) is 0 Å². The largest absolute Gasteiger partial charge is 0.295 e. The minimum absolute atomic E-state index is 0.476. The predicted molar refractivity (Wildman–Crippen MR) is 84.6 cm³/mol. The second-order valence-electron chi connectivity index (χ2n) is 6.13. The SMILES string of the molecule is CCC(CC)c1nnc2n1-c1ccc(C)cc1CN(C)C2. The molecule has 0 spiro atoms. The molecule has 0 amide bonds. The lowest BCUT2D eigenvalue weighted by molar-refractivity contribution is 0.315. The first-order valence-electron chi connectivity index (χ1n) is 7.86. The van der Waals surface area contributed by atoms with Crippen LogP contribution in [-0.4, -0.2) is 26.7 Å². The Kier molecular flexibility index (Phi) is 3.81. The number of hydrogen-bond donors (Lipinski definition) is 0. The lowest BCUT2D eigenvalue weighted by Gasteiger charge is -2.16. The van der Waals surface area contributed by atoms with Gasteiger partial charge in [-0.3, -0.25) is 9.47 Å². The molecular formula is C17H24N4. The Labute approximate surface area is 126 Å². The molecule has 21 heavy (non-hydrogen) atoms. The highest BCUT2D eigenvalue weighted by molar-refractivity contribution is 5.46. The van der Waals surface area contributed by atoms with Crippen LogP contribution in [0.4, 0.5) is 0 Å². The van der Waals surface area contributed by atoms with Crippen molar-refractivity contribution in [1.29, 1.82) is 0 Å². The molecule has 0 atom stereocenters. The molecule has 112 valence electrons. The normalized spacial score (nSPS) is 14.9. The van der Waals surface area contributed by atoms with E-state index < -0.39 is 0 Å². The summed E-state index contributed by atoms with van der Waals surface area (Å²) in [6, 6.07) is 6.70. The summed E-state index contributed by atoms with van der Waals surface area (Å²) in [4.78, 5) is 2.31.